The van der Waals surface area contributed by atoms with Gasteiger partial charge in [-0.1, -0.05) is 0 Å². The largest absolute Gasteiger partial charge is 0.490 e. The summed E-state index contributed by atoms with van der Waals surface area (Å²) in [5, 5.41) is 18.6. The third kappa shape index (κ3) is 6.04. The Kier molecular flexibility index (Phi) is 6.79. The number of hydrogen-bond donors (Lipinski definition) is 2. The van der Waals surface area contributed by atoms with Crippen LogP contribution in [0.5, 0.6) is 0 Å². The third-order valence-electron chi connectivity index (χ3n) is 5.46. The van der Waals surface area contributed by atoms with Gasteiger partial charge in [0, 0.05) is 19.6 Å². The maximum atomic E-state index is 12.2. The number of carbonyl (C=O) groups is 2. The van der Waals surface area contributed by atoms with Gasteiger partial charge >= 0.3 is 12.1 Å². The Morgan fingerprint density at radius 2 is 1.97 bits per heavy atom. The number of alkyl halides is 3. The fraction of sp³-hybridized carbons (Fsp3) is 0.684. The van der Waals surface area contributed by atoms with E-state index in [4.69, 9.17) is 14.6 Å². The van der Waals surface area contributed by atoms with Gasteiger partial charge in [-0.3, -0.25) is 4.79 Å². The highest BCUT2D eigenvalue weighted by atomic mass is 19.4. The fourth-order valence-electron chi connectivity index (χ4n) is 3.55. The topological polar surface area (TPSA) is 105 Å². The normalized spacial score (nSPS) is 25.7. The number of aliphatic carboxylic acids is 1. The molecule has 0 unspecified atom stereocenters. The maximum Gasteiger partial charge on any atom is 0.490 e. The summed E-state index contributed by atoms with van der Waals surface area (Å²) >= 11 is 0. The van der Waals surface area contributed by atoms with Crippen molar-refractivity contribution in [1.29, 1.82) is 0 Å². The van der Waals surface area contributed by atoms with Gasteiger partial charge in [0.05, 0.1) is 11.8 Å². The summed E-state index contributed by atoms with van der Waals surface area (Å²) in [6.07, 6.45) is -0.814. The number of nitrogens with zero attached hydrogens (tertiary/aromatic N) is 3. The van der Waals surface area contributed by atoms with Crippen molar-refractivity contribution in [2.45, 2.75) is 51.0 Å². The second kappa shape index (κ2) is 9.15. The van der Waals surface area contributed by atoms with E-state index in [0.717, 1.165) is 44.0 Å². The van der Waals surface area contributed by atoms with Gasteiger partial charge in [0.1, 0.15) is 6.10 Å². The van der Waals surface area contributed by atoms with Crippen molar-refractivity contribution in [3.8, 4) is 0 Å². The molecule has 4 rings (SSSR count). The molecule has 3 atom stereocenters. The van der Waals surface area contributed by atoms with Crippen LogP contribution in [0.1, 0.15) is 31.4 Å². The zero-order valence-corrected chi connectivity index (χ0v) is 16.6. The van der Waals surface area contributed by atoms with Gasteiger partial charge < -0.3 is 20.1 Å². The first-order chi connectivity index (χ1) is 14.1. The van der Waals surface area contributed by atoms with Gasteiger partial charge in [-0.25, -0.2) is 4.79 Å². The number of hydrogen-bond acceptors (Lipinski definition) is 6. The number of carbonyl (C=O) groups excluding carboxylic acids is 1. The molecule has 166 valence electrons. The first kappa shape index (κ1) is 22.3. The fourth-order valence-corrected chi connectivity index (χ4v) is 3.55. The lowest BCUT2D eigenvalue weighted by Crippen LogP contribution is -2.43. The number of nitrogens with one attached hydrogen (secondary N) is 1. The van der Waals surface area contributed by atoms with Crippen molar-refractivity contribution in [3.63, 3.8) is 0 Å². The minimum atomic E-state index is -5.08. The van der Waals surface area contributed by atoms with Crippen LogP contribution in [0.4, 0.5) is 19.0 Å². The summed E-state index contributed by atoms with van der Waals surface area (Å²) < 4.78 is 37.8. The summed E-state index contributed by atoms with van der Waals surface area (Å²) in [4.78, 5) is 23.4. The van der Waals surface area contributed by atoms with Crippen LogP contribution in [-0.4, -0.2) is 65.2 Å². The van der Waals surface area contributed by atoms with Gasteiger partial charge in [0.25, 0.3) is 0 Å². The van der Waals surface area contributed by atoms with Crippen molar-refractivity contribution in [3.05, 3.63) is 17.8 Å². The molecule has 3 aliphatic rings. The number of amides is 1. The molecule has 8 nitrogen and oxygen atoms in total. The van der Waals surface area contributed by atoms with Crippen LogP contribution in [-0.2, 0) is 14.3 Å². The van der Waals surface area contributed by atoms with E-state index in [-0.39, 0.29) is 18.1 Å². The summed E-state index contributed by atoms with van der Waals surface area (Å²) in [7, 11) is 0. The smallest absolute Gasteiger partial charge is 0.475 e. The van der Waals surface area contributed by atoms with Crippen LogP contribution in [0.15, 0.2) is 12.1 Å². The van der Waals surface area contributed by atoms with Gasteiger partial charge in [-0.15, -0.1) is 5.10 Å². The quantitative estimate of drug-likeness (QED) is 0.752. The van der Waals surface area contributed by atoms with E-state index in [1.807, 2.05) is 19.1 Å². The van der Waals surface area contributed by atoms with Gasteiger partial charge in [0.15, 0.2) is 5.82 Å². The molecule has 1 saturated carbocycles. The highest BCUT2D eigenvalue weighted by Gasteiger charge is 2.42. The number of anilines is 1. The zero-order valence-electron chi connectivity index (χ0n) is 16.6. The van der Waals surface area contributed by atoms with Gasteiger partial charge in [0.2, 0.25) is 5.91 Å². The Hall–Kier alpha value is -2.43. The molecule has 2 N–H and O–H groups in total. The van der Waals surface area contributed by atoms with Crippen LogP contribution in [0.25, 0.3) is 0 Å². The van der Waals surface area contributed by atoms with E-state index >= 15 is 0 Å². The van der Waals surface area contributed by atoms with E-state index in [9.17, 15) is 18.0 Å². The van der Waals surface area contributed by atoms with Crippen LogP contribution in [0.2, 0.25) is 0 Å². The maximum absolute atomic E-state index is 12.2. The SMILES string of the molecule is Cc1ccc(N2CC[C@H]3C[C@H](C(=O)NCC4CC4)O[C@H]3C2)nn1.O=C(O)C(F)(F)F. The first-order valence-electron chi connectivity index (χ1n) is 9.92. The van der Waals surface area contributed by atoms with E-state index in [1.54, 1.807) is 0 Å². The van der Waals surface area contributed by atoms with Crippen LogP contribution in [0.3, 0.4) is 0 Å². The Morgan fingerprint density at radius 1 is 1.27 bits per heavy atom. The zero-order chi connectivity index (χ0) is 21.9. The Bertz CT molecular complexity index is 755. The Labute approximate surface area is 171 Å². The number of fused-ring (bicyclic) bond motifs is 1. The minimum Gasteiger partial charge on any atom is -0.475 e. The monoisotopic (exact) mass is 430 g/mol. The predicted molar refractivity (Wildman–Crippen MR) is 99.8 cm³/mol. The molecular formula is C19H25F3N4O4. The summed E-state index contributed by atoms with van der Waals surface area (Å²) in [5.74, 6) is -0.584. The lowest BCUT2D eigenvalue weighted by Gasteiger charge is -2.34. The first-order valence-corrected chi connectivity index (χ1v) is 9.92. The molecule has 30 heavy (non-hydrogen) atoms. The van der Waals surface area contributed by atoms with E-state index in [0.29, 0.717) is 11.8 Å². The summed E-state index contributed by atoms with van der Waals surface area (Å²) in [6.45, 7) is 4.51. The molecule has 0 spiro atoms. The lowest BCUT2D eigenvalue weighted by atomic mass is 9.91. The van der Waals surface area contributed by atoms with E-state index < -0.39 is 12.1 Å². The summed E-state index contributed by atoms with van der Waals surface area (Å²) in [6, 6.07) is 4.00. The molecule has 0 radical (unpaired) electrons. The van der Waals surface area contributed by atoms with E-state index in [2.05, 4.69) is 20.4 Å². The number of halogens is 3. The average Bonchev–Trinajstić information content (AvgIpc) is 3.42. The molecule has 0 aromatic carbocycles. The average molecular weight is 430 g/mol. The molecule has 3 fully saturated rings. The number of carboxylic acid groups (broad SMARTS) is 1. The van der Waals surface area contributed by atoms with Crippen molar-refractivity contribution in [2.24, 2.45) is 11.8 Å². The highest BCUT2D eigenvalue weighted by molar-refractivity contribution is 5.81. The molecule has 2 saturated heterocycles. The molecule has 2 aliphatic heterocycles. The third-order valence-corrected chi connectivity index (χ3v) is 5.46. The molecule has 1 aliphatic carbocycles. The molecule has 1 aromatic rings. The lowest BCUT2D eigenvalue weighted by molar-refractivity contribution is -0.192. The molecule has 1 aromatic heterocycles. The Morgan fingerprint density at radius 3 is 2.53 bits per heavy atom. The minimum absolute atomic E-state index is 0.0768. The second-order valence-electron chi connectivity index (χ2n) is 7.92. The van der Waals surface area contributed by atoms with Crippen LogP contribution in [0, 0.1) is 18.8 Å². The number of carboxylic acids is 1. The van der Waals surface area contributed by atoms with Crippen molar-refractivity contribution < 1.29 is 32.6 Å². The van der Waals surface area contributed by atoms with Crippen molar-refractivity contribution in [1.82, 2.24) is 15.5 Å². The number of piperidine rings is 1. The Balaban J connectivity index is 0.000000318. The number of ether oxygens (including phenoxy) is 1. The number of aromatic nitrogens is 2. The van der Waals surface area contributed by atoms with E-state index in [1.165, 1.54) is 12.8 Å². The second-order valence-corrected chi connectivity index (χ2v) is 7.92. The van der Waals surface area contributed by atoms with Crippen molar-refractivity contribution in [2.75, 3.05) is 24.5 Å². The molecule has 0 bridgehead atoms. The van der Waals surface area contributed by atoms with Gasteiger partial charge in [-0.05, 0) is 56.6 Å². The highest BCUT2D eigenvalue weighted by Crippen LogP contribution is 2.35. The molecular weight excluding hydrogens is 405 g/mol. The molecule has 3 heterocycles. The molecule has 1 amide bonds. The van der Waals surface area contributed by atoms with Gasteiger partial charge in [-0.2, -0.15) is 18.3 Å². The summed E-state index contributed by atoms with van der Waals surface area (Å²) in [5.41, 5.74) is 0.924. The molecule has 11 heteroatoms. The van der Waals surface area contributed by atoms with Crippen molar-refractivity contribution >= 4 is 17.7 Å². The predicted octanol–water partition coefficient (Wildman–Crippen LogP) is 1.93. The number of aryl methyl sites for hydroxylation is 1. The van der Waals surface area contributed by atoms with Crippen LogP contribution < -0.4 is 10.2 Å². The number of rotatable bonds is 4. The van der Waals surface area contributed by atoms with Crippen LogP contribution >= 0.6 is 0 Å². The standard InChI is InChI=1S/C17H24N4O2.C2HF3O2/c1-11-2-5-16(20-19-11)21-7-6-13-8-14(23-15(13)10-21)17(22)18-9-12-3-4-12;3-2(4,5)1(6)7/h2,5,12-15H,3-4,6-10H2,1H3,(H,18,22);(H,6,7)/t13-,14+,15-;/m0./s1.